The predicted molar refractivity (Wildman–Crippen MR) is 143 cm³/mol. The minimum absolute atomic E-state index is 0.326. The van der Waals surface area contributed by atoms with E-state index in [9.17, 15) is 9.59 Å². The third kappa shape index (κ3) is 9.26. The lowest BCUT2D eigenvalue weighted by molar-refractivity contribution is -0.139. The van der Waals surface area contributed by atoms with Crippen LogP contribution in [0.4, 0.5) is 0 Å². The number of hydrogen-bond donors (Lipinski definition) is 0. The van der Waals surface area contributed by atoms with Crippen LogP contribution in [-0.2, 0) is 14.3 Å². The van der Waals surface area contributed by atoms with E-state index in [4.69, 9.17) is 14.2 Å². The summed E-state index contributed by atoms with van der Waals surface area (Å²) in [6, 6.07) is 24.9. The fraction of sp³-hybridized carbons (Fsp3) is 0.226. The van der Waals surface area contributed by atoms with E-state index in [0.717, 1.165) is 48.1 Å². The van der Waals surface area contributed by atoms with Crippen LogP contribution in [0.25, 0.3) is 17.2 Å². The highest BCUT2D eigenvalue weighted by molar-refractivity contribution is 5.88. The third-order valence-corrected chi connectivity index (χ3v) is 5.36. The molecular formula is C31H32O5. The molecule has 0 unspecified atom stereocenters. The number of hydrogen-bond acceptors (Lipinski definition) is 5. The monoisotopic (exact) mass is 484 g/mol. The van der Waals surface area contributed by atoms with Crippen molar-refractivity contribution in [3.63, 3.8) is 0 Å². The van der Waals surface area contributed by atoms with Crippen molar-refractivity contribution in [1.82, 2.24) is 0 Å². The molecule has 0 saturated carbocycles. The van der Waals surface area contributed by atoms with Gasteiger partial charge in [-0.2, -0.15) is 0 Å². The molecule has 0 aliphatic rings. The summed E-state index contributed by atoms with van der Waals surface area (Å²) in [4.78, 5) is 23.4. The van der Waals surface area contributed by atoms with Crippen LogP contribution >= 0.6 is 0 Å². The molecule has 36 heavy (non-hydrogen) atoms. The molecule has 0 spiro atoms. The molecule has 0 N–H and O–H groups in total. The summed E-state index contributed by atoms with van der Waals surface area (Å²) >= 11 is 0. The Morgan fingerprint density at radius 1 is 0.750 bits per heavy atom. The number of unbranched alkanes of at least 4 members (excludes halogenated alkanes) is 3. The molecule has 0 aliphatic carbocycles. The van der Waals surface area contributed by atoms with Gasteiger partial charge in [0.2, 0.25) is 0 Å². The maximum Gasteiger partial charge on any atom is 0.336 e. The van der Waals surface area contributed by atoms with Crippen LogP contribution in [0.15, 0.2) is 97.1 Å². The number of esters is 2. The van der Waals surface area contributed by atoms with Gasteiger partial charge in [0, 0.05) is 11.6 Å². The summed E-state index contributed by atoms with van der Waals surface area (Å²) in [6.07, 6.45) is 6.93. The van der Waals surface area contributed by atoms with Crippen molar-refractivity contribution < 1.29 is 23.8 Å². The summed E-state index contributed by atoms with van der Waals surface area (Å²) in [6.45, 7) is 6.29. The van der Waals surface area contributed by atoms with Gasteiger partial charge in [0.25, 0.3) is 0 Å². The van der Waals surface area contributed by atoms with Crippen LogP contribution in [0.2, 0.25) is 0 Å². The van der Waals surface area contributed by atoms with Gasteiger partial charge in [0.05, 0.1) is 13.2 Å². The fourth-order valence-electron chi connectivity index (χ4n) is 3.37. The van der Waals surface area contributed by atoms with Crippen molar-refractivity contribution in [2.75, 3.05) is 13.2 Å². The number of rotatable bonds is 13. The molecule has 5 nitrogen and oxygen atoms in total. The first-order chi connectivity index (χ1) is 17.5. The van der Waals surface area contributed by atoms with E-state index in [2.05, 4.69) is 6.58 Å². The summed E-state index contributed by atoms with van der Waals surface area (Å²) in [5.41, 5.74) is 3.44. The number of carbonyl (C=O) groups excluding carboxylic acids is 2. The fourth-order valence-corrected chi connectivity index (χ4v) is 3.37. The first-order valence-corrected chi connectivity index (χ1v) is 12.1. The van der Waals surface area contributed by atoms with E-state index in [0.29, 0.717) is 24.5 Å². The first kappa shape index (κ1) is 26.5. The average Bonchev–Trinajstić information content (AvgIpc) is 2.90. The Bertz CT molecular complexity index is 1150. The van der Waals surface area contributed by atoms with Gasteiger partial charge in [-0.1, -0.05) is 61.2 Å². The van der Waals surface area contributed by atoms with Crippen LogP contribution < -0.4 is 9.47 Å². The van der Waals surface area contributed by atoms with Crippen molar-refractivity contribution >= 4 is 18.0 Å². The highest BCUT2D eigenvalue weighted by Gasteiger charge is 2.04. The Kier molecular flexibility index (Phi) is 10.5. The van der Waals surface area contributed by atoms with E-state index in [1.54, 1.807) is 25.1 Å². The lowest BCUT2D eigenvalue weighted by atomic mass is 10.1. The zero-order chi connectivity index (χ0) is 25.6. The number of ether oxygens (including phenoxy) is 3. The van der Waals surface area contributed by atoms with Gasteiger partial charge >= 0.3 is 11.9 Å². The molecule has 3 aromatic carbocycles. The van der Waals surface area contributed by atoms with Crippen molar-refractivity contribution in [2.24, 2.45) is 0 Å². The lowest BCUT2D eigenvalue weighted by Gasteiger charge is -2.08. The molecule has 3 rings (SSSR count). The van der Waals surface area contributed by atoms with Gasteiger partial charge in [-0.25, -0.2) is 9.59 Å². The van der Waals surface area contributed by atoms with Gasteiger partial charge in [-0.15, -0.1) is 0 Å². The molecule has 0 saturated heterocycles. The second kappa shape index (κ2) is 14.3. The number of carbonyl (C=O) groups is 2. The third-order valence-electron chi connectivity index (χ3n) is 5.36. The topological polar surface area (TPSA) is 61.8 Å². The predicted octanol–water partition coefficient (Wildman–Crippen LogP) is 7.03. The van der Waals surface area contributed by atoms with E-state index in [1.807, 2.05) is 66.7 Å². The van der Waals surface area contributed by atoms with Gasteiger partial charge in [-0.3, -0.25) is 0 Å². The van der Waals surface area contributed by atoms with Crippen LogP contribution in [-0.4, -0.2) is 25.2 Å². The van der Waals surface area contributed by atoms with Crippen LogP contribution in [0.5, 0.6) is 11.5 Å². The molecule has 186 valence electrons. The molecule has 0 fully saturated rings. The molecule has 0 aliphatic heterocycles. The van der Waals surface area contributed by atoms with Gasteiger partial charge in [-0.05, 0) is 79.6 Å². The average molecular weight is 485 g/mol. The minimum atomic E-state index is -0.417. The molecule has 5 heteroatoms. The molecule has 0 amide bonds. The van der Waals surface area contributed by atoms with Crippen molar-refractivity contribution in [3.8, 4) is 22.6 Å². The molecule has 3 aromatic rings. The Morgan fingerprint density at radius 2 is 1.33 bits per heavy atom. The molecule has 0 bridgehead atoms. The summed E-state index contributed by atoms with van der Waals surface area (Å²) in [5, 5.41) is 0. The van der Waals surface area contributed by atoms with Gasteiger partial charge in [0.1, 0.15) is 11.5 Å². The second-order valence-electron chi connectivity index (χ2n) is 8.39. The first-order valence-electron chi connectivity index (χ1n) is 12.1. The summed E-state index contributed by atoms with van der Waals surface area (Å²) in [5.74, 6) is 0.577. The number of benzene rings is 3. The van der Waals surface area contributed by atoms with Crippen LogP contribution in [0.1, 0.15) is 38.2 Å². The standard InChI is InChI=1S/C31H32O5/c1-24(2)31(33)35-23-9-4-3-8-22-34-28-17-13-26(14-18-28)27-15-19-29(20-16-27)36-30(32)21-12-25-10-6-5-7-11-25/h5-7,10-21H,1,3-4,8-9,22-23H2,2H3/b21-12+. The van der Waals surface area contributed by atoms with Crippen molar-refractivity contribution in [1.29, 1.82) is 0 Å². The maximum absolute atomic E-state index is 12.1. The highest BCUT2D eigenvalue weighted by atomic mass is 16.5. The molecule has 0 radical (unpaired) electrons. The van der Waals surface area contributed by atoms with Crippen LogP contribution in [0, 0.1) is 0 Å². The Morgan fingerprint density at radius 3 is 1.94 bits per heavy atom. The zero-order valence-electron chi connectivity index (χ0n) is 20.7. The molecule has 0 aromatic heterocycles. The molecule has 0 heterocycles. The smallest absolute Gasteiger partial charge is 0.336 e. The minimum Gasteiger partial charge on any atom is -0.494 e. The Labute approximate surface area is 213 Å². The Hall–Kier alpha value is -4.12. The van der Waals surface area contributed by atoms with E-state index >= 15 is 0 Å². The second-order valence-corrected chi connectivity index (χ2v) is 8.39. The SMILES string of the molecule is C=C(C)C(=O)OCCCCCCOc1ccc(-c2ccc(OC(=O)/C=C/c3ccccc3)cc2)cc1. The van der Waals surface area contributed by atoms with Crippen molar-refractivity contribution in [3.05, 3.63) is 103 Å². The molecular weight excluding hydrogens is 452 g/mol. The molecule has 0 atom stereocenters. The quantitative estimate of drug-likeness (QED) is 0.113. The van der Waals surface area contributed by atoms with Gasteiger partial charge < -0.3 is 14.2 Å². The normalized spacial score (nSPS) is 10.7. The van der Waals surface area contributed by atoms with Crippen molar-refractivity contribution in [2.45, 2.75) is 32.6 Å². The summed E-state index contributed by atoms with van der Waals surface area (Å²) in [7, 11) is 0. The Balaban J connectivity index is 1.36. The maximum atomic E-state index is 12.1. The lowest BCUT2D eigenvalue weighted by Crippen LogP contribution is -2.06. The van der Waals surface area contributed by atoms with Gasteiger partial charge in [0.15, 0.2) is 0 Å². The summed E-state index contributed by atoms with van der Waals surface area (Å²) < 4.78 is 16.3. The zero-order valence-corrected chi connectivity index (χ0v) is 20.7. The van der Waals surface area contributed by atoms with E-state index in [-0.39, 0.29) is 5.97 Å². The van der Waals surface area contributed by atoms with Crippen LogP contribution in [0.3, 0.4) is 0 Å². The van der Waals surface area contributed by atoms with E-state index < -0.39 is 5.97 Å². The van der Waals surface area contributed by atoms with E-state index in [1.165, 1.54) is 6.08 Å². The highest BCUT2D eigenvalue weighted by Crippen LogP contribution is 2.25. The largest absolute Gasteiger partial charge is 0.494 e.